The van der Waals surface area contributed by atoms with Crippen LogP contribution in [0.4, 0.5) is 0 Å². The van der Waals surface area contributed by atoms with Crippen molar-refractivity contribution in [1.82, 2.24) is 0 Å². The van der Waals surface area contributed by atoms with Gasteiger partial charge in [0.05, 0.1) is 7.05 Å². The summed E-state index contributed by atoms with van der Waals surface area (Å²) in [4.78, 5) is 0. The van der Waals surface area contributed by atoms with Gasteiger partial charge in [0.25, 0.3) is 0 Å². The van der Waals surface area contributed by atoms with Gasteiger partial charge in [-0.3, -0.25) is 0 Å². The predicted octanol–water partition coefficient (Wildman–Crippen LogP) is 0.0291. The van der Waals surface area contributed by atoms with Crippen molar-refractivity contribution in [2.45, 2.75) is 0 Å². The quantitative estimate of drug-likeness (QED) is 0.414. The predicted molar refractivity (Wildman–Crippen MR) is 23.6 cm³/mol. The molecule has 5 heavy (non-hydrogen) atoms. The third-order valence-electron chi connectivity index (χ3n) is 0.231. The highest BCUT2D eigenvalue weighted by Crippen LogP contribution is 1.93. The molecular formula is CH7N3P+. The summed E-state index contributed by atoms with van der Waals surface area (Å²) < 4.78 is 3.51. The highest BCUT2D eigenvalue weighted by atomic mass is 31.1. The van der Waals surface area contributed by atoms with Crippen LogP contribution in [-0.4, -0.2) is 7.05 Å². The van der Waals surface area contributed by atoms with Crippen molar-refractivity contribution in [3.63, 3.8) is 0 Å². The average Bonchev–Trinajstić information content (AvgIpc) is 1.38. The summed E-state index contributed by atoms with van der Waals surface area (Å²) in [7, 11) is 0.630. The molecule has 0 aromatic rings. The van der Waals surface area contributed by atoms with Gasteiger partial charge in [-0.25, -0.2) is 0 Å². The molecule has 0 aromatic heterocycles. The molecule has 0 radical (unpaired) electrons. The van der Waals surface area contributed by atoms with E-state index in [1.807, 2.05) is 0 Å². The Bertz CT molecular complexity index is 44.9. The van der Waals surface area contributed by atoms with Crippen molar-refractivity contribution in [3.05, 3.63) is 0 Å². The maximum absolute atomic E-state index is 4.97. The Morgan fingerprint density at radius 3 is 1.80 bits per heavy atom. The van der Waals surface area contributed by atoms with E-state index >= 15 is 0 Å². The third-order valence-corrected chi connectivity index (χ3v) is 0.693. The van der Waals surface area contributed by atoms with E-state index in [1.54, 1.807) is 7.05 Å². The van der Waals surface area contributed by atoms with E-state index in [4.69, 9.17) is 11.0 Å². The van der Waals surface area contributed by atoms with E-state index < -0.39 is 8.01 Å². The fourth-order valence-electron chi connectivity index (χ4n) is 0. The number of hydrogen-bond donors (Lipinski definition) is 2. The van der Waals surface area contributed by atoms with Crippen LogP contribution in [0, 0.1) is 0 Å². The van der Waals surface area contributed by atoms with Gasteiger partial charge < -0.3 is 0 Å². The Hall–Kier alpha value is 0.0200. The van der Waals surface area contributed by atoms with Crippen LogP contribution in [0.25, 0.3) is 0 Å². The van der Waals surface area contributed by atoms with Crippen LogP contribution in [0.5, 0.6) is 0 Å². The smallest absolute Gasteiger partial charge is 0.121 e. The molecule has 0 heterocycles. The molecule has 0 aromatic carbocycles. The minimum absolute atomic E-state index is 0.973. The molecule has 0 saturated heterocycles. The van der Waals surface area contributed by atoms with Gasteiger partial charge in [-0.2, -0.15) is 0 Å². The lowest BCUT2D eigenvalue weighted by molar-refractivity contribution is 1.47. The summed E-state index contributed by atoms with van der Waals surface area (Å²) >= 11 is 0. The van der Waals surface area contributed by atoms with Crippen molar-refractivity contribution in [1.29, 1.82) is 0 Å². The van der Waals surface area contributed by atoms with Crippen LogP contribution in [0.3, 0.4) is 0 Å². The first kappa shape index (κ1) is 5.02. The molecule has 0 fully saturated rings. The zero-order valence-electron chi connectivity index (χ0n) is 3.05. The second-order valence-corrected chi connectivity index (χ2v) is 1.74. The van der Waals surface area contributed by atoms with E-state index in [-0.39, 0.29) is 0 Å². The largest absolute Gasteiger partial charge is 0.387 e. The number of hydrogen-bond acceptors (Lipinski definition) is 1. The topological polar surface area (TPSA) is 64.4 Å². The van der Waals surface area contributed by atoms with E-state index in [2.05, 4.69) is 4.74 Å². The van der Waals surface area contributed by atoms with Gasteiger partial charge >= 0.3 is 8.01 Å². The summed E-state index contributed by atoms with van der Waals surface area (Å²) in [6, 6.07) is 0. The molecule has 0 aliphatic carbocycles. The Kier molecular flexibility index (Phi) is 2.28. The second-order valence-electron chi connectivity index (χ2n) is 0.580. The zero-order chi connectivity index (χ0) is 4.28. The maximum Gasteiger partial charge on any atom is 0.387 e. The highest BCUT2D eigenvalue weighted by molar-refractivity contribution is 7.41. The Balaban J connectivity index is 3.14. The van der Waals surface area contributed by atoms with Crippen molar-refractivity contribution in [2.75, 3.05) is 7.05 Å². The minimum atomic E-state index is -0.973. The van der Waals surface area contributed by atoms with Crippen molar-refractivity contribution in [2.24, 2.45) is 15.8 Å². The van der Waals surface area contributed by atoms with Gasteiger partial charge in [-0.05, 0) is 0 Å². The first-order chi connectivity index (χ1) is 2.27. The molecule has 4 heteroatoms. The molecule has 0 aliphatic heterocycles. The molecule has 0 amide bonds. The standard InChI is InChI=1S/CH7N3P/c1-4-5(2)3/h1H3,(H4,2,3,4)/q+1. The lowest BCUT2D eigenvalue weighted by atomic mass is 11.6. The first-order valence-electron chi connectivity index (χ1n) is 1.16. The van der Waals surface area contributed by atoms with Gasteiger partial charge in [-0.15, -0.1) is 11.0 Å². The first-order valence-corrected chi connectivity index (χ1v) is 2.60. The van der Waals surface area contributed by atoms with Gasteiger partial charge in [0.15, 0.2) is 0 Å². The van der Waals surface area contributed by atoms with Crippen molar-refractivity contribution < 1.29 is 0 Å². The fraction of sp³-hybridized carbons (Fsp3) is 1.00. The van der Waals surface area contributed by atoms with E-state index in [9.17, 15) is 0 Å². The molecule has 0 bridgehead atoms. The molecular weight excluding hydrogens is 85.0 g/mol. The third kappa shape index (κ3) is 4.02. The summed E-state index contributed by atoms with van der Waals surface area (Å²) in [5.41, 5.74) is 9.94. The van der Waals surface area contributed by atoms with Crippen LogP contribution in [0.1, 0.15) is 0 Å². The molecule has 0 aliphatic rings. The number of nitrogens with two attached hydrogens (primary N) is 2. The van der Waals surface area contributed by atoms with E-state index in [1.165, 1.54) is 0 Å². The van der Waals surface area contributed by atoms with Gasteiger partial charge in [0, 0.05) is 0 Å². The summed E-state index contributed by atoms with van der Waals surface area (Å²) in [6.07, 6.45) is 0. The van der Waals surface area contributed by atoms with Crippen LogP contribution >= 0.6 is 8.01 Å². The van der Waals surface area contributed by atoms with Crippen LogP contribution in [-0.2, 0) is 0 Å². The summed E-state index contributed by atoms with van der Waals surface area (Å²) in [6.45, 7) is 0. The maximum atomic E-state index is 4.97. The van der Waals surface area contributed by atoms with Gasteiger partial charge in [0.1, 0.15) is 0 Å². The lowest BCUT2D eigenvalue weighted by Gasteiger charge is -1.56. The van der Waals surface area contributed by atoms with E-state index in [0.717, 1.165) is 0 Å². The minimum Gasteiger partial charge on any atom is -0.121 e. The fourth-order valence-corrected chi connectivity index (χ4v) is 0. The average molecular weight is 92.1 g/mol. The summed E-state index contributed by atoms with van der Waals surface area (Å²) in [5, 5.41) is 0. The molecule has 0 rings (SSSR count). The molecule has 0 unspecified atom stereocenters. The van der Waals surface area contributed by atoms with Crippen LogP contribution in [0.15, 0.2) is 4.74 Å². The molecule has 3 nitrogen and oxygen atoms in total. The van der Waals surface area contributed by atoms with Crippen LogP contribution in [0.2, 0.25) is 0 Å². The molecule has 0 atom stereocenters. The normalized spacial score (nSPS) is 7.00. The van der Waals surface area contributed by atoms with Gasteiger partial charge in [-0.1, -0.05) is 4.74 Å². The van der Waals surface area contributed by atoms with E-state index in [0.29, 0.717) is 0 Å². The highest BCUT2D eigenvalue weighted by Gasteiger charge is 1.81. The molecule has 0 saturated carbocycles. The van der Waals surface area contributed by atoms with Crippen molar-refractivity contribution in [3.8, 4) is 0 Å². The Morgan fingerprint density at radius 1 is 1.60 bits per heavy atom. The monoisotopic (exact) mass is 92.0 g/mol. The van der Waals surface area contributed by atoms with Crippen molar-refractivity contribution >= 4 is 8.01 Å². The summed E-state index contributed by atoms with van der Waals surface area (Å²) in [5.74, 6) is 0. The van der Waals surface area contributed by atoms with Crippen LogP contribution < -0.4 is 11.0 Å². The molecule has 4 N–H and O–H groups in total. The zero-order valence-corrected chi connectivity index (χ0v) is 3.94. The molecule has 0 spiro atoms. The Labute approximate surface area is 31.9 Å². The molecule has 30 valence electrons. The number of rotatable bonds is 0. The SMILES string of the molecule is CN=[P+](N)N. The second kappa shape index (κ2) is 2.27. The Morgan fingerprint density at radius 2 is 1.80 bits per heavy atom. The number of nitrogens with zero attached hydrogens (tertiary/aromatic N) is 1. The van der Waals surface area contributed by atoms with Gasteiger partial charge in [0.2, 0.25) is 0 Å². The lowest BCUT2D eigenvalue weighted by Crippen LogP contribution is -1.86.